The maximum absolute atomic E-state index is 4.94. The third kappa shape index (κ3) is 7.81. The molecule has 0 fully saturated rings. The zero-order valence-corrected chi connectivity index (χ0v) is 12.7. The van der Waals surface area contributed by atoms with E-state index in [1.165, 1.54) is 64.2 Å². The van der Waals surface area contributed by atoms with Crippen molar-refractivity contribution < 1.29 is 0 Å². The molecule has 0 N–H and O–H groups in total. The predicted molar refractivity (Wildman–Crippen MR) is 78.6 cm³/mol. The van der Waals surface area contributed by atoms with E-state index in [1.807, 2.05) is 0 Å². The molecule has 0 spiro atoms. The molecule has 0 atom stereocenters. The highest BCUT2D eigenvalue weighted by atomic mass is 15.0. The summed E-state index contributed by atoms with van der Waals surface area (Å²) in [6.45, 7) is 10.2. The van der Waals surface area contributed by atoms with Gasteiger partial charge >= 0.3 is 0 Å². The molecular formula is C16H34N. The molecule has 0 saturated heterocycles. The van der Waals surface area contributed by atoms with Crippen LogP contribution in [0.1, 0.15) is 91.9 Å². The fourth-order valence-electron chi connectivity index (χ4n) is 2.49. The lowest BCUT2D eigenvalue weighted by atomic mass is 9.86. The molecule has 0 aliphatic rings. The Morgan fingerprint density at radius 3 is 1.82 bits per heavy atom. The lowest BCUT2D eigenvalue weighted by molar-refractivity contribution is 0.264. The van der Waals surface area contributed by atoms with Crippen molar-refractivity contribution in [1.29, 1.82) is 0 Å². The summed E-state index contributed by atoms with van der Waals surface area (Å²) < 4.78 is 0. The fourth-order valence-corrected chi connectivity index (χ4v) is 2.49. The van der Waals surface area contributed by atoms with Gasteiger partial charge in [-0.25, -0.2) is 5.32 Å². The van der Waals surface area contributed by atoms with Crippen LogP contribution in [0, 0.1) is 0 Å². The van der Waals surface area contributed by atoms with Gasteiger partial charge in [-0.3, -0.25) is 0 Å². The summed E-state index contributed by atoms with van der Waals surface area (Å²) in [4.78, 5) is 0. The number of nitrogens with zero attached hydrogens (tertiary/aromatic N) is 1. The van der Waals surface area contributed by atoms with E-state index in [9.17, 15) is 0 Å². The Bertz CT molecular complexity index is 150. The molecule has 0 aromatic rings. The van der Waals surface area contributed by atoms with Crippen molar-refractivity contribution in [1.82, 2.24) is 5.32 Å². The molecule has 1 heteroatoms. The van der Waals surface area contributed by atoms with Gasteiger partial charge in [-0.15, -0.1) is 0 Å². The van der Waals surface area contributed by atoms with E-state index < -0.39 is 0 Å². The van der Waals surface area contributed by atoms with E-state index in [1.54, 1.807) is 0 Å². The summed E-state index contributed by atoms with van der Waals surface area (Å²) in [6.07, 6.45) is 13.3. The topological polar surface area (TPSA) is 14.1 Å². The highest BCUT2D eigenvalue weighted by Gasteiger charge is 2.25. The van der Waals surface area contributed by atoms with E-state index in [-0.39, 0.29) is 0 Å². The third-order valence-corrected chi connectivity index (χ3v) is 3.98. The minimum atomic E-state index is 0.306. The molecular weight excluding hydrogens is 206 g/mol. The molecule has 0 aromatic heterocycles. The first kappa shape index (κ1) is 17.0. The van der Waals surface area contributed by atoms with Gasteiger partial charge in [-0.05, 0) is 25.7 Å². The second-order valence-corrected chi connectivity index (χ2v) is 5.33. The largest absolute Gasteiger partial charge is 0.235 e. The first-order valence-electron chi connectivity index (χ1n) is 7.93. The summed E-state index contributed by atoms with van der Waals surface area (Å²) in [5, 5.41) is 4.94. The standard InChI is InChI=1S/C16H34N/c1-5-9-10-11-12-13-14-16(7-3,8-4)17-15-6-2/h5-15H2,1-4H3. The highest BCUT2D eigenvalue weighted by molar-refractivity contribution is 4.84. The van der Waals surface area contributed by atoms with Crippen molar-refractivity contribution in [3.8, 4) is 0 Å². The van der Waals surface area contributed by atoms with Gasteiger partial charge in [-0.2, -0.15) is 0 Å². The number of rotatable bonds is 12. The monoisotopic (exact) mass is 240 g/mol. The van der Waals surface area contributed by atoms with Crippen molar-refractivity contribution >= 4 is 0 Å². The molecule has 0 saturated carbocycles. The van der Waals surface area contributed by atoms with E-state index in [0.717, 1.165) is 6.54 Å². The summed E-state index contributed by atoms with van der Waals surface area (Å²) >= 11 is 0. The second-order valence-electron chi connectivity index (χ2n) is 5.33. The fraction of sp³-hybridized carbons (Fsp3) is 1.00. The SMILES string of the molecule is CCCCCCCCC(CC)(CC)[N]CCC. The summed E-state index contributed by atoms with van der Waals surface area (Å²) in [7, 11) is 0. The van der Waals surface area contributed by atoms with Gasteiger partial charge in [0, 0.05) is 12.1 Å². The molecule has 103 valence electrons. The Labute approximate surface area is 110 Å². The van der Waals surface area contributed by atoms with E-state index in [4.69, 9.17) is 5.32 Å². The molecule has 17 heavy (non-hydrogen) atoms. The van der Waals surface area contributed by atoms with Gasteiger partial charge < -0.3 is 0 Å². The van der Waals surface area contributed by atoms with E-state index in [0.29, 0.717) is 5.54 Å². The summed E-state index contributed by atoms with van der Waals surface area (Å²) in [5.41, 5.74) is 0.306. The average Bonchev–Trinajstić information content (AvgIpc) is 2.38. The average molecular weight is 240 g/mol. The van der Waals surface area contributed by atoms with Crippen LogP contribution in [-0.4, -0.2) is 12.1 Å². The minimum Gasteiger partial charge on any atom is -0.235 e. The van der Waals surface area contributed by atoms with Crippen LogP contribution < -0.4 is 5.32 Å². The molecule has 0 bridgehead atoms. The molecule has 1 nitrogen and oxygen atoms in total. The Morgan fingerprint density at radius 2 is 1.29 bits per heavy atom. The van der Waals surface area contributed by atoms with Gasteiger partial charge in [0.2, 0.25) is 0 Å². The minimum absolute atomic E-state index is 0.306. The maximum atomic E-state index is 4.94. The van der Waals surface area contributed by atoms with Crippen molar-refractivity contribution in [2.75, 3.05) is 6.54 Å². The van der Waals surface area contributed by atoms with Crippen LogP contribution in [0.4, 0.5) is 0 Å². The lowest BCUT2D eigenvalue weighted by Crippen LogP contribution is -2.39. The maximum Gasteiger partial charge on any atom is 0.0351 e. The Morgan fingerprint density at radius 1 is 0.706 bits per heavy atom. The number of hydrogen-bond acceptors (Lipinski definition) is 0. The third-order valence-electron chi connectivity index (χ3n) is 3.98. The number of hydrogen-bond donors (Lipinski definition) is 0. The van der Waals surface area contributed by atoms with Crippen LogP contribution in [0.2, 0.25) is 0 Å². The Hall–Kier alpha value is -0.0400. The molecule has 0 amide bonds. The van der Waals surface area contributed by atoms with Crippen molar-refractivity contribution in [3.63, 3.8) is 0 Å². The first-order valence-corrected chi connectivity index (χ1v) is 7.93. The quantitative estimate of drug-likeness (QED) is 0.410. The zero-order valence-electron chi connectivity index (χ0n) is 12.7. The van der Waals surface area contributed by atoms with Crippen LogP contribution in [0.25, 0.3) is 0 Å². The predicted octanol–water partition coefficient (Wildman–Crippen LogP) is 5.31. The van der Waals surface area contributed by atoms with Gasteiger partial charge in [-0.1, -0.05) is 66.2 Å². The van der Waals surface area contributed by atoms with Gasteiger partial charge in [0.15, 0.2) is 0 Å². The Balaban J connectivity index is 3.75. The first-order chi connectivity index (χ1) is 8.24. The van der Waals surface area contributed by atoms with Crippen molar-refractivity contribution in [3.05, 3.63) is 0 Å². The van der Waals surface area contributed by atoms with E-state index in [2.05, 4.69) is 27.7 Å². The van der Waals surface area contributed by atoms with Gasteiger partial charge in [0.25, 0.3) is 0 Å². The normalized spacial score (nSPS) is 12.0. The van der Waals surface area contributed by atoms with Crippen molar-refractivity contribution in [2.24, 2.45) is 0 Å². The summed E-state index contributed by atoms with van der Waals surface area (Å²) in [6, 6.07) is 0. The molecule has 0 heterocycles. The van der Waals surface area contributed by atoms with Crippen molar-refractivity contribution in [2.45, 2.75) is 97.4 Å². The van der Waals surface area contributed by atoms with Crippen LogP contribution in [0.3, 0.4) is 0 Å². The smallest absolute Gasteiger partial charge is 0.0351 e. The van der Waals surface area contributed by atoms with Crippen LogP contribution in [0.5, 0.6) is 0 Å². The lowest BCUT2D eigenvalue weighted by Gasteiger charge is -2.31. The van der Waals surface area contributed by atoms with Crippen LogP contribution in [-0.2, 0) is 0 Å². The molecule has 0 aliphatic heterocycles. The molecule has 0 aromatic carbocycles. The Kier molecular flexibility index (Phi) is 11.0. The molecule has 0 unspecified atom stereocenters. The molecule has 1 radical (unpaired) electrons. The van der Waals surface area contributed by atoms with Crippen LogP contribution >= 0.6 is 0 Å². The zero-order chi connectivity index (χ0) is 13.0. The summed E-state index contributed by atoms with van der Waals surface area (Å²) in [5.74, 6) is 0. The second kappa shape index (κ2) is 11.1. The van der Waals surface area contributed by atoms with E-state index >= 15 is 0 Å². The van der Waals surface area contributed by atoms with Crippen LogP contribution in [0.15, 0.2) is 0 Å². The highest BCUT2D eigenvalue weighted by Crippen LogP contribution is 2.24. The van der Waals surface area contributed by atoms with Gasteiger partial charge in [0.05, 0.1) is 0 Å². The molecule has 0 rings (SSSR count). The van der Waals surface area contributed by atoms with Gasteiger partial charge in [0.1, 0.15) is 0 Å². The number of unbranched alkanes of at least 4 members (excludes halogenated alkanes) is 5. The molecule has 0 aliphatic carbocycles.